The van der Waals surface area contributed by atoms with Gasteiger partial charge < -0.3 is 4.90 Å². The topological polar surface area (TPSA) is 73.7 Å². The van der Waals surface area contributed by atoms with E-state index in [-0.39, 0.29) is 17.0 Å². The van der Waals surface area contributed by atoms with Crippen LogP contribution in [0.25, 0.3) is 5.65 Å². The lowest BCUT2D eigenvalue weighted by molar-refractivity contribution is -0.0671. The Morgan fingerprint density at radius 1 is 1.28 bits per heavy atom. The number of carbonyl (C=O) groups excluding carboxylic acids is 1. The molecule has 0 unspecified atom stereocenters. The Morgan fingerprint density at radius 2 is 2.10 bits per heavy atom. The Hall–Kier alpha value is -2.15. The van der Waals surface area contributed by atoms with Crippen molar-refractivity contribution in [2.75, 3.05) is 19.6 Å². The van der Waals surface area contributed by atoms with Gasteiger partial charge in [-0.25, -0.2) is 9.50 Å². The molecular weight excluding hydrogens is 366 g/mol. The number of H-pyrrole nitrogens is 1. The number of aromatic amines is 1. The molecule has 3 fully saturated rings. The van der Waals surface area contributed by atoms with E-state index in [2.05, 4.69) is 21.9 Å². The standard InChI is InChI=1S/C22H31N5O2/c1-3-6-18-15-10-16(19-7-4-5-8-26(18)19)13-25(12-15)21(28)17-11-23-20-9-14(2)24-27(20)22(17)29/h9,11,15-16,18-19,24H,3-8,10,12-13H2,1-2H3/t15-,16+,18-,19-/m0/s1. The van der Waals surface area contributed by atoms with Crippen LogP contribution in [0.4, 0.5) is 0 Å². The molecule has 0 aromatic carbocycles. The van der Waals surface area contributed by atoms with E-state index < -0.39 is 0 Å². The molecule has 3 saturated heterocycles. The molecule has 7 heteroatoms. The molecule has 29 heavy (non-hydrogen) atoms. The third kappa shape index (κ3) is 3.10. The molecule has 3 aliphatic heterocycles. The van der Waals surface area contributed by atoms with E-state index in [0.29, 0.717) is 29.6 Å². The molecule has 0 aliphatic carbocycles. The quantitative estimate of drug-likeness (QED) is 0.863. The summed E-state index contributed by atoms with van der Waals surface area (Å²) in [6.45, 7) is 6.88. The third-order valence-electron chi connectivity index (χ3n) is 7.35. The molecule has 156 valence electrons. The number of hydrogen-bond acceptors (Lipinski definition) is 4. The highest BCUT2D eigenvalue weighted by molar-refractivity contribution is 5.93. The van der Waals surface area contributed by atoms with Crippen LogP contribution in [0, 0.1) is 18.8 Å². The van der Waals surface area contributed by atoms with E-state index in [1.807, 2.05) is 17.9 Å². The first-order valence-corrected chi connectivity index (χ1v) is 11.2. The molecule has 7 nitrogen and oxygen atoms in total. The largest absolute Gasteiger partial charge is 0.338 e. The molecule has 0 spiro atoms. The van der Waals surface area contributed by atoms with E-state index in [4.69, 9.17) is 0 Å². The van der Waals surface area contributed by atoms with Crippen LogP contribution in [0.5, 0.6) is 0 Å². The van der Waals surface area contributed by atoms with Crippen molar-refractivity contribution in [3.05, 3.63) is 33.9 Å². The van der Waals surface area contributed by atoms with Crippen molar-refractivity contribution >= 4 is 11.6 Å². The summed E-state index contributed by atoms with van der Waals surface area (Å²) in [7, 11) is 0. The average Bonchev–Trinajstić information content (AvgIpc) is 3.12. The maximum atomic E-state index is 13.4. The van der Waals surface area contributed by atoms with Gasteiger partial charge in [-0.15, -0.1) is 0 Å². The number of piperidine rings is 3. The van der Waals surface area contributed by atoms with Gasteiger partial charge in [0.15, 0.2) is 5.65 Å². The van der Waals surface area contributed by atoms with Crippen LogP contribution in [0.15, 0.2) is 17.1 Å². The summed E-state index contributed by atoms with van der Waals surface area (Å²) in [6.07, 6.45) is 8.92. The second-order valence-corrected chi connectivity index (χ2v) is 9.23. The molecule has 1 amide bonds. The minimum atomic E-state index is -0.298. The van der Waals surface area contributed by atoms with Crippen molar-refractivity contribution < 1.29 is 4.79 Å². The third-order valence-corrected chi connectivity index (χ3v) is 7.35. The highest BCUT2D eigenvalue weighted by Gasteiger charge is 2.47. The molecule has 4 atom stereocenters. The van der Waals surface area contributed by atoms with Gasteiger partial charge in [-0.2, -0.15) is 0 Å². The Kier molecular flexibility index (Phi) is 4.73. The first kappa shape index (κ1) is 18.9. The second-order valence-electron chi connectivity index (χ2n) is 9.23. The van der Waals surface area contributed by atoms with E-state index in [9.17, 15) is 9.59 Å². The number of rotatable bonds is 3. The smallest absolute Gasteiger partial charge is 0.285 e. The molecule has 3 aliphatic rings. The summed E-state index contributed by atoms with van der Waals surface area (Å²) in [5, 5.41) is 2.99. The average molecular weight is 398 g/mol. The Morgan fingerprint density at radius 3 is 2.93 bits per heavy atom. The van der Waals surface area contributed by atoms with Crippen molar-refractivity contribution in [1.29, 1.82) is 0 Å². The number of carbonyl (C=O) groups is 1. The Bertz CT molecular complexity index is 979. The molecule has 2 bridgehead atoms. The van der Waals surface area contributed by atoms with Gasteiger partial charge in [-0.3, -0.25) is 19.6 Å². The first-order valence-electron chi connectivity index (χ1n) is 11.2. The van der Waals surface area contributed by atoms with Crippen molar-refractivity contribution in [3.8, 4) is 0 Å². The van der Waals surface area contributed by atoms with Crippen LogP contribution in [0.3, 0.4) is 0 Å². The Balaban J connectivity index is 1.44. The number of likely N-dealkylation sites (tertiary alicyclic amines) is 1. The lowest BCUT2D eigenvalue weighted by Crippen LogP contribution is -2.64. The maximum absolute atomic E-state index is 13.4. The molecule has 5 rings (SSSR count). The summed E-state index contributed by atoms with van der Waals surface area (Å²) >= 11 is 0. The lowest BCUT2D eigenvalue weighted by Gasteiger charge is -2.57. The van der Waals surface area contributed by atoms with E-state index >= 15 is 0 Å². The molecular formula is C22H31N5O2. The molecule has 5 heterocycles. The number of nitrogens with one attached hydrogen (secondary N) is 1. The number of amides is 1. The summed E-state index contributed by atoms with van der Waals surface area (Å²) in [5.74, 6) is 0.885. The number of nitrogens with zero attached hydrogens (tertiary/aromatic N) is 4. The first-order chi connectivity index (χ1) is 14.1. The van der Waals surface area contributed by atoms with Gasteiger partial charge in [0.1, 0.15) is 5.56 Å². The zero-order valence-electron chi connectivity index (χ0n) is 17.4. The van der Waals surface area contributed by atoms with Crippen molar-refractivity contribution in [2.24, 2.45) is 11.8 Å². The molecule has 2 aromatic heterocycles. The van der Waals surface area contributed by atoms with Crippen molar-refractivity contribution in [3.63, 3.8) is 0 Å². The van der Waals surface area contributed by atoms with Gasteiger partial charge in [0, 0.05) is 43.1 Å². The zero-order chi connectivity index (χ0) is 20.1. The van der Waals surface area contributed by atoms with Gasteiger partial charge in [-0.05, 0) is 51.0 Å². The van der Waals surface area contributed by atoms with Gasteiger partial charge >= 0.3 is 0 Å². The minimum Gasteiger partial charge on any atom is -0.338 e. The van der Waals surface area contributed by atoms with Crippen LogP contribution in [-0.2, 0) is 0 Å². The van der Waals surface area contributed by atoms with Gasteiger partial charge in [0.25, 0.3) is 11.5 Å². The lowest BCUT2D eigenvalue weighted by atomic mass is 9.71. The van der Waals surface area contributed by atoms with Crippen LogP contribution in [-0.4, -0.2) is 62.0 Å². The molecule has 0 saturated carbocycles. The predicted octanol–water partition coefficient (Wildman–Crippen LogP) is 2.45. The van der Waals surface area contributed by atoms with Gasteiger partial charge in [0.05, 0.1) is 0 Å². The van der Waals surface area contributed by atoms with E-state index in [1.165, 1.54) is 55.8 Å². The second kappa shape index (κ2) is 7.27. The zero-order valence-corrected chi connectivity index (χ0v) is 17.4. The van der Waals surface area contributed by atoms with E-state index in [1.54, 1.807) is 0 Å². The summed E-state index contributed by atoms with van der Waals surface area (Å²) in [4.78, 5) is 35.3. The highest BCUT2D eigenvalue weighted by atomic mass is 16.2. The number of fused-ring (bicyclic) bond motifs is 5. The Labute approximate surface area is 171 Å². The number of aromatic nitrogens is 3. The van der Waals surface area contributed by atoms with Crippen LogP contribution in [0.2, 0.25) is 0 Å². The fourth-order valence-electron chi connectivity index (χ4n) is 6.17. The molecule has 2 aromatic rings. The summed E-state index contributed by atoms with van der Waals surface area (Å²) in [5.41, 5.74) is 1.29. The molecule has 0 radical (unpaired) electrons. The molecule has 1 N–H and O–H groups in total. The maximum Gasteiger partial charge on any atom is 0.285 e. The monoisotopic (exact) mass is 397 g/mol. The summed E-state index contributed by atoms with van der Waals surface area (Å²) in [6, 6.07) is 2.98. The number of aryl methyl sites for hydroxylation is 1. The normalized spacial score (nSPS) is 29.8. The predicted molar refractivity (Wildman–Crippen MR) is 111 cm³/mol. The van der Waals surface area contributed by atoms with Gasteiger partial charge in [0.2, 0.25) is 0 Å². The number of hydrogen-bond donors (Lipinski definition) is 1. The summed E-state index contributed by atoms with van der Waals surface area (Å²) < 4.78 is 1.39. The minimum absolute atomic E-state index is 0.154. The van der Waals surface area contributed by atoms with Crippen molar-refractivity contribution in [1.82, 2.24) is 24.4 Å². The SMILES string of the molecule is CCC[C@H]1[C@H]2C[C@H](CN(C(=O)c3cnc4cc(C)[nH]n4c3=O)C2)[C@@H]2CCCCN21. The van der Waals surface area contributed by atoms with E-state index in [0.717, 1.165) is 18.8 Å². The van der Waals surface area contributed by atoms with Gasteiger partial charge in [-0.1, -0.05) is 19.8 Å². The van der Waals surface area contributed by atoms with Crippen LogP contribution >= 0.6 is 0 Å². The van der Waals surface area contributed by atoms with Crippen molar-refractivity contribution in [2.45, 2.75) is 64.5 Å². The fourth-order valence-corrected chi connectivity index (χ4v) is 6.17. The fraction of sp³-hybridized carbons (Fsp3) is 0.682. The van der Waals surface area contributed by atoms with Crippen LogP contribution < -0.4 is 5.56 Å². The van der Waals surface area contributed by atoms with Crippen LogP contribution in [0.1, 0.15) is 61.5 Å². The highest BCUT2D eigenvalue weighted by Crippen LogP contribution is 2.42.